The second kappa shape index (κ2) is 2.98. The van der Waals surface area contributed by atoms with E-state index in [1.807, 2.05) is 18.9 Å². The smallest absolute Gasteiger partial charge is 0.258 e. The molecule has 0 aromatic heterocycles. The van der Waals surface area contributed by atoms with E-state index in [1.54, 1.807) is 0 Å². The van der Waals surface area contributed by atoms with Gasteiger partial charge in [-0.15, -0.1) is 0 Å². The van der Waals surface area contributed by atoms with E-state index < -0.39 is 0 Å². The first kappa shape index (κ1) is 9.00. The van der Waals surface area contributed by atoms with Gasteiger partial charge in [-0.3, -0.25) is 9.80 Å². The number of nitrogens with one attached hydrogen (secondary N) is 1. The highest BCUT2D eigenvalue weighted by Crippen LogP contribution is 2.28. The molecule has 0 atom stereocenters. The SMILES string of the molecule is CC1(C)NN(C2CCCCC2)C1=O. The zero-order valence-corrected chi connectivity index (χ0v) is 8.47. The summed E-state index contributed by atoms with van der Waals surface area (Å²) in [6.07, 6.45) is 6.23. The van der Waals surface area contributed by atoms with Crippen LogP contribution in [0.2, 0.25) is 0 Å². The Morgan fingerprint density at radius 1 is 1.31 bits per heavy atom. The first-order chi connectivity index (χ1) is 6.11. The third kappa shape index (κ3) is 1.46. The van der Waals surface area contributed by atoms with Gasteiger partial charge < -0.3 is 0 Å². The van der Waals surface area contributed by atoms with E-state index >= 15 is 0 Å². The normalized spacial score (nSPS) is 28.8. The number of carbonyl (C=O) groups is 1. The molecule has 0 aromatic rings. The fourth-order valence-electron chi connectivity index (χ4n) is 2.24. The van der Waals surface area contributed by atoms with E-state index in [4.69, 9.17) is 0 Å². The zero-order chi connectivity index (χ0) is 9.47. The Labute approximate surface area is 79.5 Å². The van der Waals surface area contributed by atoms with Crippen LogP contribution in [0.25, 0.3) is 0 Å². The van der Waals surface area contributed by atoms with Gasteiger partial charge in [0.1, 0.15) is 5.54 Å². The van der Waals surface area contributed by atoms with Crippen molar-refractivity contribution in [3.63, 3.8) is 0 Å². The van der Waals surface area contributed by atoms with Gasteiger partial charge in [0.2, 0.25) is 0 Å². The molecule has 74 valence electrons. The number of carbonyl (C=O) groups excluding carboxylic acids is 1. The van der Waals surface area contributed by atoms with Crippen molar-refractivity contribution < 1.29 is 4.79 Å². The van der Waals surface area contributed by atoms with Crippen LogP contribution < -0.4 is 5.43 Å². The summed E-state index contributed by atoms with van der Waals surface area (Å²) in [7, 11) is 0. The Kier molecular flexibility index (Phi) is 2.06. The fourth-order valence-corrected chi connectivity index (χ4v) is 2.24. The summed E-state index contributed by atoms with van der Waals surface area (Å²) in [5.41, 5.74) is 2.91. The van der Waals surface area contributed by atoms with Crippen molar-refractivity contribution in [2.24, 2.45) is 0 Å². The summed E-state index contributed by atoms with van der Waals surface area (Å²) in [5.74, 6) is 0.263. The maximum atomic E-state index is 11.6. The minimum atomic E-state index is -0.308. The predicted octanol–water partition coefficient (Wildman–Crippen LogP) is 1.44. The molecule has 0 spiro atoms. The lowest BCUT2D eigenvalue weighted by atomic mass is 9.91. The lowest BCUT2D eigenvalue weighted by Crippen LogP contribution is -2.75. The lowest BCUT2D eigenvalue weighted by molar-refractivity contribution is -0.167. The largest absolute Gasteiger partial charge is 0.272 e. The minimum absolute atomic E-state index is 0.263. The Hall–Kier alpha value is -0.570. The van der Waals surface area contributed by atoms with Crippen LogP contribution in [0.5, 0.6) is 0 Å². The third-order valence-corrected chi connectivity index (χ3v) is 3.09. The molecular formula is C10H18N2O. The van der Waals surface area contributed by atoms with Crippen molar-refractivity contribution in [3.05, 3.63) is 0 Å². The van der Waals surface area contributed by atoms with Gasteiger partial charge in [0, 0.05) is 6.04 Å². The van der Waals surface area contributed by atoms with Crippen LogP contribution in [0.3, 0.4) is 0 Å². The molecule has 2 fully saturated rings. The number of rotatable bonds is 1. The van der Waals surface area contributed by atoms with E-state index in [2.05, 4.69) is 5.43 Å². The molecule has 0 bridgehead atoms. The Morgan fingerprint density at radius 2 is 1.92 bits per heavy atom. The van der Waals surface area contributed by atoms with Crippen LogP contribution in [-0.2, 0) is 4.79 Å². The summed E-state index contributed by atoms with van der Waals surface area (Å²) in [5, 5.41) is 1.85. The van der Waals surface area contributed by atoms with E-state index in [9.17, 15) is 4.79 Å². The highest BCUT2D eigenvalue weighted by molar-refractivity contribution is 5.90. The van der Waals surface area contributed by atoms with Crippen molar-refractivity contribution >= 4 is 5.91 Å². The fraction of sp³-hybridized carbons (Fsp3) is 0.900. The summed E-state index contributed by atoms with van der Waals surface area (Å²) < 4.78 is 0. The quantitative estimate of drug-likeness (QED) is 0.665. The third-order valence-electron chi connectivity index (χ3n) is 3.09. The molecule has 1 amide bonds. The maximum Gasteiger partial charge on any atom is 0.258 e. The lowest BCUT2D eigenvalue weighted by Gasteiger charge is -2.50. The molecule has 1 N–H and O–H groups in total. The van der Waals surface area contributed by atoms with Gasteiger partial charge in [-0.1, -0.05) is 19.3 Å². The van der Waals surface area contributed by atoms with Gasteiger partial charge in [-0.05, 0) is 26.7 Å². The van der Waals surface area contributed by atoms with Gasteiger partial charge in [0.05, 0.1) is 0 Å². The monoisotopic (exact) mass is 182 g/mol. The highest BCUT2D eigenvalue weighted by Gasteiger charge is 2.46. The van der Waals surface area contributed by atoms with Crippen molar-refractivity contribution in [2.45, 2.75) is 57.5 Å². The number of hydrogen-bond donors (Lipinski definition) is 1. The van der Waals surface area contributed by atoms with Crippen LogP contribution in [0.15, 0.2) is 0 Å². The number of nitrogens with zero attached hydrogens (tertiary/aromatic N) is 1. The molecular weight excluding hydrogens is 164 g/mol. The summed E-state index contributed by atoms with van der Waals surface area (Å²) >= 11 is 0. The number of hydrogen-bond acceptors (Lipinski definition) is 2. The van der Waals surface area contributed by atoms with E-state index in [-0.39, 0.29) is 11.4 Å². The molecule has 1 aliphatic carbocycles. The first-order valence-corrected chi connectivity index (χ1v) is 5.23. The minimum Gasteiger partial charge on any atom is -0.272 e. The highest BCUT2D eigenvalue weighted by atomic mass is 16.2. The van der Waals surface area contributed by atoms with Gasteiger partial charge in [-0.2, -0.15) is 0 Å². The van der Waals surface area contributed by atoms with Crippen LogP contribution in [0.4, 0.5) is 0 Å². The van der Waals surface area contributed by atoms with Gasteiger partial charge >= 0.3 is 0 Å². The molecule has 0 aromatic carbocycles. The number of hydrazine groups is 1. The van der Waals surface area contributed by atoms with Crippen molar-refractivity contribution in [1.29, 1.82) is 0 Å². The van der Waals surface area contributed by atoms with Crippen molar-refractivity contribution in [1.82, 2.24) is 10.4 Å². The van der Waals surface area contributed by atoms with Gasteiger partial charge in [-0.25, -0.2) is 5.43 Å². The molecule has 3 nitrogen and oxygen atoms in total. The van der Waals surface area contributed by atoms with E-state index in [0.29, 0.717) is 6.04 Å². The standard InChI is InChI=1S/C10H18N2O/c1-10(2)9(13)12(11-10)8-6-4-3-5-7-8/h8,11H,3-7H2,1-2H3. The van der Waals surface area contributed by atoms with Crippen molar-refractivity contribution in [2.75, 3.05) is 0 Å². The molecule has 2 rings (SSSR count). The topological polar surface area (TPSA) is 32.3 Å². The molecule has 1 heterocycles. The Balaban J connectivity index is 1.93. The first-order valence-electron chi connectivity index (χ1n) is 5.23. The molecule has 0 unspecified atom stereocenters. The van der Waals surface area contributed by atoms with E-state index in [0.717, 1.165) is 0 Å². The molecule has 2 aliphatic rings. The summed E-state index contributed by atoms with van der Waals surface area (Å²) in [6, 6.07) is 0.467. The zero-order valence-electron chi connectivity index (χ0n) is 8.47. The van der Waals surface area contributed by atoms with Gasteiger partial charge in [0.15, 0.2) is 0 Å². The molecule has 1 aliphatic heterocycles. The second-order valence-electron chi connectivity index (χ2n) is 4.70. The maximum absolute atomic E-state index is 11.6. The Morgan fingerprint density at radius 3 is 2.38 bits per heavy atom. The molecule has 1 saturated heterocycles. The van der Waals surface area contributed by atoms with Gasteiger partial charge in [0.25, 0.3) is 5.91 Å². The van der Waals surface area contributed by atoms with Crippen LogP contribution in [0, 0.1) is 0 Å². The molecule has 1 saturated carbocycles. The molecule has 13 heavy (non-hydrogen) atoms. The van der Waals surface area contributed by atoms with Crippen LogP contribution >= 0.6 is 0 Å². The van der Waals surface area contributed by atoms with E-state index in [1.165, 1.54) is 32.1 Å². The average Bonchev–Trinajstić information content (AvgIpc) is 2.15. The Bertz CT molecular complexity index is 219. The van der Waals surface area contributed by atoms with Crippen molar-refractivity contribution in [3.8, 4) is 0 Å². The summed E-state index contributed by atoms with van der Waals surface area (Å²) in [6.45, 7) is 3.88. The predicted molar refractivity (Wildman–Crippen MR) is 50.9 cm³/mol. The second-order valence-corrected chi connectivity index (χ2v) is 4.70. The van der Waals surface area contributed by atoms with Crippen LogP contribution in [-0.4, -0.2) is 22.5 Å². The average molecular weight is 182 g/mol. The molecule has 3 heteroatoms. The number of amides is 1. The van der Waals surface area contributed by atoms with Crippen LogP contribution in [0.1, 0.15) is 46.0 Å². The molecule has 0 radical (unpaired) electrons. The summed E-state index contributed by atoms with van der Waals surface area (Å²) in [4.78, 5) is 11.6.